The molecule has 0 aromatic rings. The van der Waals surface area contributed by atoms with Crippen LogP contribution in [0.25, 0.3) is 0 Å². The molecule has 3 saturated carbocycles. The van der Waals surface area contributed by atoms with Gasteiger partial charge in [-0.15, -0.1) is 0 Å². The summed E-state index contributed by atoms with van der Waals surface area (Å²) in [5, 5.41) is 10.3. The number of rotatable bonds is 2. The Bertz CT molecular complexity index is 726. The smallest absolute Gasteiger partial charge is 0.0915 e. The van der Waals surface area contributed by atoms with Crippen molar-refractivity contribution in [2.75, 3.05) is 20.6 Å². The van der Waals surface area contributed by atoms with Crippen molar-refractivity contribution in [1.82, 2.24) is 0 Å². The molecule has 10 atom stereocenters. The lowest BCUT2D eigenvalue weighted by Gasteiger charge is -2.59. The summed E-state index contributed by atoms with van der Waals surface area (Å²) in [5.41, 5.74) is 2.56. The Morgan fingerprint density at radius 2 is 1.77 bits per heavy atom. The molecule has 1 N–H and O–H groups in total. The standard InChI is InChI=1S/C29H50NO/c1-19-7-12-27(30(5,6)18-19)20(2)24-10-11-25-23-9-8-21-17-22(31)13-15-28(21,3)26(23)14-16-29(24,25)4/h8,19-20,22-27,31H,7,9-18H2,1-6H3/q+1/t19-,20+,22-,23+,24-,25+,26+,27-,28-,29+/m0/s1. The van der Waals surface area contributed by atoms with Gasteiger partial charge in [0.2, 0.25) is 0 Å². The number of allylic oxidation sites excluding steroid dienone is 1. The van der Waals surface area contributed by atoms with E-state index in [0.29, 0.717) is 10.8 Å². The number of quaternary nitrogens is 1. The molecule has 0 aromatic carbocycles. The fourth-order valence-corrected chi connectivity index (χ4v) is 10.5. The zero-order valence-corrected chi connectivity index (χ0v) is 21.4. The molecule has 5 aliphatic rings. The minimum absolute atomic E-state index is 0.0823. The van der Waals surface area contributed by atoms with Crippen molar-refractivity contribution in [2.45, 2.75) is 104 Å². The Kier molecular flexibility index (Phi) is 5.50. The molecule has 0 spiro atoms. The van der Waals surface area contributed by atoms with Gasteiger partial charge in [0.15, 0.2) is 0 Å². The molecule has 176 valence electrons. The molecule has 0 unspecified atom stereocenters. The molecule has 1 heterocycles. The maximum atomic E-state index is 10.3. The van der Waals surface area contributed by atoms with Crippen molar-refractivity contribution in [3.05, 3.63) is 11.6 Å². The third-order valence-corrected chi connectivity index (χ3v) is 12.0. The number of nitrogens with zero attached hydrogens (tertiary/aromatic N) is 1. The molecular formula is C29H50NO+. The van der Waals surface area contributed by atoms with E-state index in [4.69, 9.17) is 0 Å². The molecule has 0 bridgehead atoms. The highest BCUT2D eigenvalue weighted by Gasteiger charge is 2.60. The first-order valence-electron chi connectivity index (χ1n) is 13.8. The van der Waals surface area contributed by atoms with E-state index in [1.807, 2.05) is 0 Å². The minimum Gasteiger partial charge on any atom is -0.393 e. The van der Waals surface area contributed by atoms with E-state index < -0.39 is 0 Å². The Hall–Kier alpha value is -0.340. The quantitative estimate of drug-likeness (QED) is 0.396. The first-order valence-corrected chi connectivity index (χ1v) is 13.8. The Morgan fingerprint density at radius 1 is 1.00 bits per heavy atom. The highest BCUT2D eigenvalue weighted by atomic mass is 16.3. The number of aliphatic hydroxyl groups excluding tert-OH is 1. The minimum atomic E-state index is -0.0823. The molecule has 0 amide bonds. The predicted octanol–water partition coefficient (Wildman–Crippen LogP) is 6.44. The van der Waals surface area contributed by atoms with Crippen LogP contribution in [0.4, 0.5) is 0 Å². The van der Waals surface area contributed by atoms with Gasteiger partial charge < -0.3 is 9.59 Å². The average Bonchev–Trinajstić information content (AvgIpc) is 3.04. The van der Waals surface area contributed by atoms with Gasteiger partial charge in [-0.2, -0.15) is 0 Å². The Balaban J connectivity index is 1.38. The fourth-order valence-electron chi connectivity index (χ4n) is 10.5. The van der Waals surface area contributed by atoms with Crippen LogP contribution in [-0.4, -0.2) is 42.4 Å². The van der Waals surface area contributed by atoms with Gasteiger partial charge in [0.05, 0.1) is 32.8 Å². The highest BCUT2D eigenvalue weighted by molar-refractivity contribution is 5.25. The van der Waals surface area contributed by atoms with Crippen molar-refractivity contribution in [2.24, 2.45) is 46.3 Å². The maximum Gasteiger partial charge on any atom is 0.0915 e. The second-order valence-electron chi connectivity index (χ2n) is 14.0. The first-order chi connectivity index (χ1) is 14.6. The van der Waals surface area contributed by atoms with E-state index in [1.165, 1.54) is 62.4 Å². The zero-order chi connectivity index (χ0) is 22.2. The van der Waals surface area contributed by atoms with Crippen molar-refractivity contribution < 1.29 is 9.59 Å². The van der Waals surface area contributed by atoms with E-state index in [2.05, 4.69) is 47.9 Å². The average molecular weight is 429 g/mol. The number of likely N-dealkylation sites (tertiary alicyclic amines) is 1. The third kappa shape index (κ3) is 3.40. The lowest BCUT2D eigenvalue weighted by molar-refractivity contribution is -0.927. The molecule has 4 fully saturated rings. The molecule has 5 rings (SSSR count). The van der Waals surface area contributed by atoms with Crippen LogP contribution in [0.15, 0.2) is 11.6 Å². The Morgan fingerprint density at radius 3 is 2.52 bits per heavy atom. The summed E-state index contributed by atoms with van der Waals surface area (Å²) >= 11 is 0. The summed E-state index contributed by atoms with van der Waals surface area (Å²) in [4.78, 5) is 0. The second-order valence-corrected chi connectivity index (χ2v) is 14.0. The van der Waals surface area contributed by atoms with Gasteiger partial charge >= 0.3 is 0 Å². The molecule has 2 heteroatoms. The fraction of sp³-hybridized carbons (Fsp3) is 0.931. The number of hydrogen-bond acceptors (Lipinski definition) is 1. The predicted molar refractivity (Wildman–Crippen MR) is 130 cm³/mol. The van der Waals surface area contributed by atoms with Crippen LogP contribution in [0.2, 0.25) is 0 Å². The summed E-state index contributed by atoms with van der Waals surface area (Å²) in [5.74, 6) is 5.35. The molecule has 2 nitrogen and oxygen atoms in total. The van der Waals surface area contributed by atoms with E-state index in [-0.39, 0.29) is 6.10 Å². The number of piperidine rings is 1. The van der Waals surface area contributed by atoms with Gasteiger partial charge in [-0.25, -0.2) is 0 Å². The molecule has 4 aliphatic carbocycles. The summed E-state index contributed by atoms with van der Waals surface area (Å²) < 4.78 is 1.25. The van der Waals surface area contributed by atoms with Crippen LogP contribution in [0.3, 0.4) is 0 Å². The van der Waals surface area contributed by atoms with E-state index in [1.54, 1.807) is 5.57 Å². The SMILES string of the molecule is C[C@H]1CC[C@@H]([C@H](C)[C@@H]2CC[C@@H]3[C@H]4CC=C5C[C@@H](O)CC[C@]5(C)[C@@H]4CC[C@@]32C)[N+](C)(C)C1. The third-order valence-electron chi connectivity index (χ3n) is 12.0. The van der Waals surface area contributed by atoms with Crippen LogP contribution in [0.1, 0.15) is 91.9 Å². The molecular weight excluding hydrogens is 378 g/mol. The van der Waals surface area contributed by atoms with Crippen molar-refractivity contribution in [3.8, 4) is 0 Å². The first kappa shape index (κ1) is 22.5. The van der Waals surface area contributed by atoms with Crippen molar-refractivity contribution in [1.29, 1.82) is 0 Å². The summed E-state index contributed by atoms with van der Waals surface area (Å²) in [7, 11) is 5.04. The normalized spacial score (nSPS) is 52.5. The molecule has 1 aliphatic heterocycles. The van der Waals surface area contributed by atoms with Crippen LogP contribution < -0.4 is 0 Å². The monoisotopic (exact) mass is 428 g/mol. The van der Waals surface area contributed by atoms with Crippen LogP contribution in [0.5, 0.6) is 0 Å². The van der Waals surface area contributed by atoms with E-state index in [0.717, 1.165) is 54.4 Å². The molecule has 1 saturated heterocycles. The number of hydrogen-bond donors (Lipinski definition) is 1. The molecule has 0 aromatic heterocycles. The Labute approximate surface area is 192 Å². The maximum absolute atomic E-state index is 10.3. The van der Waals surface area contributed by atoms with Crippen molar-refractivity contribution in [3.63, 3.8) is 0 Å². The summed E-state index contributed by atoms with van der Waals surface area (Å²) in [6.45, 7) is 11.8. The lowest BCUT2D eigenvalue weighted by atomic mass is 9.47. The number of aliphatic hydroxyl groups is 1. The molecule has 31 heavy (non-hydrogen) atoms. The van der Waals surface area contributed by atoms with Gasteiger partial charge in [0.1, 0.15) is 0 Å². The summed E-state index contributed by atoms with van der Waals surface area (Å²) in [6.07, 6.45) is 15.7. The highest BCUT2D eigenvalue weighted by Crippen LogP contribution is 2.67. The largest absolute Gasteiger partial charge is 0.393 e. The van der Waals surface area contributed by atoms with Gasteiger partial charge in [-0.1, -0.05) is 39.3 Å². The van der Waals surface area contributed by atoms with Crippen LogP contribution in [0, 0.1) is 46.3 Å². The zero-order valence-electron chi connectivity index (χ0n) is 21.4. The summed E-state index contributed by atoms with van der Waals surface area (Å²) in [6, 6.07) is 0.852. The molecule has 0 radical (unpaired) electrons. The van der Waals surface area contributed by atoms with Crippen molar-refractivity contribution >= 4 is 0 Å². The van der Waals surface area contributed by atoms with E-state index in [9.17, 15) is 5.11 Å². The number of fused-ring (bicyclic) bond motifs is 5. The van der Waals surface area contributed by atoms with Gasteiger partial charge in [0, 0.05) is 18.3 Å². The lowest BCUT2D eigenvalue weighted by Crippen LogP contribution is -2.59. The second kappa shape index (κ2) is 7.59. The van der Waals surface area contributed by atoms with Gasteiger partial charge in [-0.05, 0) is 92.3 Å². The van der Waals surface area contributed by atoms with Gasteiger partial charge in [-0.3, -0.25) is 0 Å². The van der Waals surface area contributed by atoms with E-state index >= 15 is 0 Å². The topological polar surface area (TPSA) is 20.2 Å². The van der Waals surface area contributed by atoms with Crippen LogP contribution >= 0.6 is 0 Å². The van der Waals surface area contributed by atoms with Gasteiger partial charge in [0.25, 0.3) is 0 Å². The van der Waals surface area contributed by atoms with Crippen LogP contribution in [-0.2, 0) is 0 Å².